The molecule has 1 aromatic rings. The van der Waals surface area contributed by atoms with E-state index in [4.69, 9.17) is 23.5 Å². The maximum Gasteiger partial charge on any atom is 0.487 e. The van der Waals surface area contributed by atoms with Crippen LogP contribution in [0.25, 0.3) is 0 Å². The smallest absolute Gasteiger partial charge is 0.487 e. The molecular weight excluding hydrogens is 295 g/mol. The van der Waals surface area contributed by atoms with E-state index in [1.54, 1.807) is 28.4 Å². The summed E-state index contributed by atoms with van der Waals surface area (Å²) in [5.41, 5.74) is 0.968. The first-order valence-electron chi connectivity index (χ1n) is 7.55. The van der Waals surface area contributed by atoms with E-state index in [1.807, 2.05) is 18.2 Å². The predicted octanol–water partition coefficient (Wildman–Crippen LogP) is 3.17. The van der Waals surface area contributed by atoms with Gasteiger partial charge in [-0.25, -0.2) is 0 Å². The van der Waals surface area contributed by atoms with Crippen LogP contribution < -0.4 is 9.47 Å². The normalized spacial score (nSPS) is 13.8. The van der Waals surface area contributed by atoms with E-state index in [1.165, 1.54) is 7.69 Å². The molecule has 5 nitrogen and oxygen atoms in total. The van der Waals surface area contributed by atoms with Crippen LogP contribution in [0.4, 0.5) is 0 Å². The van der Waals surface area contributed by atoms with E-state index in [0.29, 0.717) is 6.61 Å². The van der Waals surface area contributed by atoms with Crippen molar-refractivity contribution in [2.75, 3.05) is 35.0 Å². The van der Waals surface area contributed by atoms with Gasteiger partial charge < -0.3 is 23.5 Å². The summed E-state index contributed by atoms with van der Waals surface area (Å²) in [5, 5.41) is 0. The number of benzene rings is 1. The summed E-state index contributed by atoms with van der Waals surface area (Å²) >= 11 is 0. The van der Waals surface area contributed by atoms with Gasteiger partial charge in [-0.3, -0.25) is 0 Å². The molecule has 2 atom stereocenters. The summed E-state index contributed by atoms with van der Waals surface area (Å²) in [6.07, 6.45) is 4.87. The Labute approximate surface area is 139 Å². The molecule has 0 heterocycles. The molecule has 0 N–H and O–H groups in total. The lowest BCUT2D eigenvalue weighted by Gasteiger charge is -2.23. The van der Waals surface area contributed by atoms with Crippen LogP contribution in [0, 0.1) is 5.92 Å². The van der Waals surface area contributed by atoms with E-state index in [-0.39, 0.29) is 12.0 Å². The van der Waals surface area contributed by atoms with Crippen molar-refractivity contribution in [3.8, 4) is 11.5 Å². The molecule has 0 saturated heterocycles. The summed E-state index contributed by atoms with van der Waals surface area (Å²) in [4.78, 5) is 0. The summed E-state index contributed by atoms with van der Waals surface area (Å²) in [6, 6.07) is 5.72. The second-order valence-corrected chi connectivity index (χ2v) is 5.04. The number of ether oxygens (including phenoxy) is 3. The van der Waals surface area contributed by atoms with Crippen molar-refractivity contribution in [2.24, 2.45) is 5.92 Å². The Morgan fingerprint density at radius 1 is 1.13 bits per heavy atom. The molecule has 0 aliphatic heterocycles. The Bertz CT molecular complexity index is 478. The van der Waals surface area contributed by atoms with Gasteiger partial charge in [-0.15, -0.1) is 0 Å². The molecule has 6 heteroatoms. The largest absolute Gasteiger partial charge is 0.497 e. The molecule has 0 unspecified atom stereocenters. The molecule has 1 aromatic carbocycles. The van der Waals surface area contributed by atoms with Gasteiger partial charge in [0.2, 0.25) is 0 Å². The van der Waals surface area contributed by atoms with Gasteiger partial charge >= 0.3 is 7.69 Å². The van der Waals surface area contributed by atoms with Crippen LogP contribution in [0.15, 0.2) is 30.4 Å². The quantitative estimate of drug-likeness (QED) is 0.356. The molecule has 0 spiro atoms. The minimum Gasteiger partial charge on any atom is -0.497 e. The zero-order chi connectivity index (χ0) is 17.1. The van der Waals surface area contributed by atoms with E-state index in [2.05, 4.69) is 19.1 Å². The molecule has 127 valence electrons. The van der Waals surface area contributed by atoms with Crippen LogP contribution >= 0.6 is 0 Å². The first-order chi connectivity index (χ1) is 11.2. The van der Waals surface area contributed by atoms with Gasteiger partial charge in [-0.2, -0.15) is 0 Å². The first-order valence-corrected chi connectivity index (χ1v) is 7.55. The third kappa shape index (κ3) is 6.25. The molecule has 0 fully saturated rings. The minimum absolute atomic E-state index is 0.122. The monoisotopic (exact) mass is 321 g/mol. The molecular formula is C17H26BO5. The van der Waals surface area contributed by atoms with E-state index >= 15 is 0 Å². The van der Waals surface area contributed by atoms with Crippen LogP contribution in [-0.2, 0) is 14.0 Å². The third-order valence-electron chi connectivity index (χ3n) is 3.48. The Kier molecular flexibility index (Phi) is 9.44. The topological polar surface area (TPSA) is 46.2 Å². The Hall–Kier alpha value is -1.50. The van der Waals surface area contributed by atoms with Gasteiger partial charge in [0, 0.05) is 32.3 Å². The van der Waals surface area contributed by atoms with E-state index in [9.17, 15) is 0 Å². The summed E-state index contributed by atoms with van der Waals surface area (Å²) in [7, 11) is 7.89. The van der Waals surface area contributed by atoms with Gasteiger partial charge in [0.1, 0.15) is 11.5 Å². The maximum atomic E-state index is 5.69. The Morgan fingerprint density at radius 3 is 2.52 bits per heavy atom. The van der Waals surface area contributed by atoms with E-state index < -0.39 is 0 Å². The van der Waals surface area contributed by atoms with Crippen LogP contribution in [0.1, 0.15) is 25.0 Å². The van der Waals surface area contributed by atoms with Crippen molar-refractivity contribution < 1.29 is 23.5 Å². The predicted molar refractivity (Wildman–Crippen MR) is 90.9 cm³/mol. The van der Waals surface area contributed by atoms with Crippen molar-refractivity contribution in [1.82, 2.24) is 0 Å². The van der Waals surface area contributed by atoms with Crippen LogP contribution in [-0.4, -0.2) is 42.7 Å². The number of methoxy groups -OCH3 is 3. The maximum absolute atomic E-state index is 5.69. The highest BCUT2D eigenvalue weighted by atomic mass is 16.6. The average Bonchev–Trinajstić information content (AvgIpc) is 2.58. The molecule has 23 heavy (non-hydrogen) atoms. The van der Waals surface area contributed by atoms with Crippen molar-refractivity contribution in [2.45, 2.75) is 19.4 Å². The second-order valence-electron chi connectivity index (χ2n) is 5.04. The lowest BCUT2D eigenvalue weighted by Crippen LogP contribution is -2.12. The van der Waals surface area contributed by atoms with Gasteiger partial charge in [-0.1, -0.05) is 19.1 Å². The number of hydrogen-bond acceptors (Lipinski definition) is 5. The Morgan fingerprint density at radius 2 is 1.91 bits per heavy atom. The van der Waals surface area contributed by atoms with Crippen molar-refractivity contribution in [1.29, 1.82) is 0 Å². The molecule has 0 aliphatic carbocycles. The van der Waals surface area contributed by atoms with Crippen molar-refractivity contribution in [3.05, 3.63) is 35.9 Å². The molecule has 0 saturated carbocycles. The fourth-order valence-electron chi connectivity index (χ4n) is 2.35. The Balaban J connectivity index is 2.76. The first kappa shape index (κ1) is 19.6. The van der Waals surface area contributed by atoms with Crippen LogP contribution in [0.5, 0.6) is 11.5 Å². The lowest BCUT2D eigenvalue weighted by molar-refractivity contribution is 0.0716. The summed E-state index contributed by atoms with van der Waals surface area (Å²) in [5.74, 6) is 1.74. The zero-order valence-electron chi connectivity index (χ0n) is 14.6. The van der Waals surface area contributed by atoms with Gasteiger partial charge in [0.25, 0.3) is 0 Å². The molecule has 0 bridgehead atoms. The van der Waals surface area contributed by atoms with Crippen LogP contribution in [0.2, 0.25) is 0 Å². The standard InChI is InChI=1S/C17H26BO5/c1-13(8-6-7-11-23-18-22-5)17(21-4)15-12-14(19-2)9-10-16(15)20-3/h6,8-10,12-13,17H,7,11H2,1-5H3/b8-6+/t13-,17+/m1/s1. The second kappa shape index (κ2) is 11.1. The average molecular weight is 321 g/mol. The highest BCUT2D eigenvalue weighted by molar-refractivity contribution is 6.17. The minimum atomic E-state index is -0.122. The molecule has 0 aliphatic rings. The highest BCUT2D eigenvalue weighted by Gasteiger charge is 2.21. The third-order valence-corrected chi connectivity index (χ3v) is 3.48. The van der Waals surface area contributed by atoms with Crippen molar-refractivity contribution >= 4 is 7.69 Å². The van der Waals surface area contributed by atoms with Crippen molar-refractivity contribution in [3.63, 3.8) is 0 Å². The summed E-state index contributed by atoms with van der Waals surface area (Å²) < 4.78 is 26.3. The summed E-state index contributed by atoms with van der Waals surface area (Å²) in [6.45, 7) is 2.68. The van der Waals surface area contributed by atoms with Gasteiger partial charge in [-0.05, 0) is 24.6 Å². The molecule has 1 radical (unpaired) electrons. The highest BCUT2D eigenvalue weighted by Crippen LogP contribution is 2.35. The molecule has 1 rings (SSSR count). The fraction of sp³-hybridized carbons (Fsp3) is 0.529. The lowest BCUT2D eigenvalue weighted by atomic mass is 9.95. The van der Waals surface area contributed by atoms with Gasteiger partial charge in [0.15, 0.2) is 0 Å². The molecule has 0 aromatic heterocycles. The zero-order valence-corrected chi connectivity index (χ0v) is 14.6. The number of hydrogen-bond donors (Lipinski definition) is 0. The fourth-order valence-corrected chi connectivity index (χ4v) is 2.35. The molecule has 0 amide bonds. The van der Waals surface area contributed by atoms with Gasteiger partial charge in [0.05, 0.1) is 20.3 Å². The SMILES string of the molecule is CO[B]OCC/C=C/[C@@H](C)[C@H](OC)c1cc(OC)ccc1OC. The number of rotatable bonds is 11. The van der Waals surface area contributed by atoms with E-state index in [0.717, 1.165) is 23.5 Å². The van der Waals surface area contributed by atoms with Crippen LogP contribution in [0.3, 0.4) is 0 Å².